The highest BCUT2D eigenvalue weighted by molar-refractivity contribution is 8.14. The van der Waals surface area contributed by atoms with E-state index >= 15 is 0 Å². The molecule has 0 amide bonds. The van der Waals surface area contributed by atoms with Crippen LogP contribution in [0.15, 0.2) is 39.4 Å². The number of likely N-dealkylation sites (tertiary alicyclic amines) is 1. The summed E-state index contributed by atoms with van der Waals surface area (Å²) in [5.41, 5.74) is -0.0615. The van der Waals surface area contributed by atoms with Gasteiger partial charge in [0.25, 0.3) is 0 Å². The maximum Gasteiger partial charge on any atom is 0.417 e. The molecule has 6 aliphatic rings. The third-order valence-electron chi connectivity index (χ3n) is 11.3. The van der Waals surface area contributed by atoms with Crippen molar-refractivity contribution in [3.05, 3.63) is 41.2 Å². The van der Waals surface area contributed by atoms with Crippen molar-refractivity contribution >= 4 is 33.7 Å². The third kappa shape index (κ3) is 4.54. The normalized spacial score (nSPS) is 33.6. The minimum absolute atomic E-state index is 0.0186. The van der Waals surface area contributed by atoms with Gasteiger partial charge in [-0.1, -0.05) is 11.8 Å². The molecule has 4 unspecified atom stereocenters. The number of rotatable bonds is 4. The number of hydrogen-bond acceptors (Lipinski definition) is 9. The second kappa shape index (κ2) is 10.5. The van der Waals surface area contributed by atoms with Gasteiger partial charge in [-0.05, 0) is 69.3 Å². The summed E-state index contributed by atoms with van der Waals surface area (Å²) in [6, 6.07) is 4.36. The standard InChI is InChI=1S/C33H36F4N8OS/c1-17-10-23-21(12-39-43-23)24(25(17)33(35,36)37)26-27-22(6-8-38-26)31(2)28(44-14-19-4-5-20(15-44)40-19)41-30(42-29(31)47-27)46-16-32-7-3-9-45(32)13-18(34)11-32/h6,8,10,12,18-20,28,40H,3-5,7,9,11,13-16H2,1-2H3,(H,39,43)/t18-,19?,20?,28?,31?,32+/m1/s1. The molecule has 9 rings (SSSR count). The molecule has 6 atom stereocenters. The summed E-state index contributed by atoms with van der Waals surface area (Å²) in [6.45, 7) is 6.76. The van der Waals surface area contributed by atoms with Crippen molar-refractivity contribution in [3.63, 3.8) is 0 Å². The molecule has 2 aromatic heterocycles. The number of nitrogens with zero attached hydrogens (tertiary/aromatic N) is 6. The zero-order valence-corrected chi connectivity index (χ0v) is 27.0. The summed E-state index contributed by atoms with van der Waals surface area (Å²) in [6.07, 6.45) is 1.68. The number of hydrogen-bond donors (Lipinski definition) is 2. The number of fused-ring (bicyclic) bond motifs is 7. The lowest BCUT2D eigenvalue weighted by Gasteiger charge is -2.45. The molecule has 6 aliphatic heterocycles. The summed E-state index contributed by atoms with van der Waals surface area (Å²) >= 11 is 1.36. The van der Waals surface area contributed by atoms with Crippen LogP contribution in [0.5, 0.6) is 0 Å². The number of aromatic amines is 1. The van der Waals surface area contributed by atoms with Crippen LogP contribution in [0.2, 0.25) is 0 Å². The largest absolute Gasteiger partial charge is 0.462 e. The maximum absolute atomic E-state index is 14.8. The number of aromatic nitrogens is 3. The Morgan fingerprint density at radius 3 is 2.77 bits per heavy atom. The van der Waals surface area contributed by atoms with E-state index in [1.54, 1.807) is 6.20 Å². The van der Waals surface area contributed by atoms with Gasteiger partial charge < -0.3 is 10.1 Å². The lowest BCUT2D eigenvalue weighted by Crippen LogP contribution is -2.60. The molecule has 14 heteroatoms. The van der Waals surface area contributed by atoms with E-state index in [0.717, 1.165) is 55.9 Å². The van der Waals surface area contributed by atoms with Gasteiger partial charge in [0.15, 0.2) is 0 Å². The fourth-order valence-electron chi connectivity index (χ4n) is 9.23. The molecule has 4 fully saturated rings. The summed E-state index contributed by atoms with van der Waals surface area (Å²) in [4.78, 5) is 20.0. The van der Waals surface area contributed by atoms with E-state index in [2.05, 4.69) is 37.2 Å². The van der Waals surface area contributed by atoms with Gasteiger partial charge in [0.05, 0.1) is 39.0 Å². The monoisotopic (exact) mass is 668 g/mol. The highest BCUT2D eigenvalue weighted by Gasteiger charge is 2.55. The predicted molar refractivity (Wildman–Crippen MR) is 171 cm³/mol. The van der Waals surface area contributed by atoms with Crippen LogP contribution in [-0.2, 0) is 16.3 Å². The number of aryl methyl sites for hydroxylation is 1. The van der Waals surface area contributed by atoms with Crippen molar-refractivity contribution in [2.24, 2.45) is 9.98 Å². The first kappa shape index (κ1) is 30.0. The van der Waals surface area contributed by atoms with Crippen molar-refractivity contribution in [2.45, 2.75) is 92.4 Å². The van der Waals surface area contributed by atoms with Gasteiger partial charge in [-0.3, -0.25) is 19.9 Å². The Morgan fingerprint density at radius 1 is 1.17 bits per heavy atom. The third-order valence-corrected chi connectivity index (χ3v) is 12.7. The SMILES string of the molecule is Cc1cc2[nH]ncc2c(-c2nccc3c2SC2=NC(OC[C@@]45CCCN4C[C@H](F)C5)=NC(N4CC5CCC(C4)N5)C23C)c1C(F)(F)F. The maximum atomic E-state index is 14.8. The van der Waals surface area contributed by atoms with Crippen molar-refractivity contribution in [1.82, 2.24) is 30.3 Å². The number of nitrogens with one attached hydrogen (secondary N) is 2. The van der Waals surface area contributed by atoms with Crippen molar-refractivity contribution in [1.29, 1.82) is 0 Å². The molecule has 9 nitrogen and oxygen atoms in total. The van der Waals surface area contributed by atoms with Crippen LogP contribution < -0.4 is 5.32 Å². The van der Waals surface area contributed by atoms with E-state index in [9.17, 15) is 17.6 Å². The van der Waals surface area contributed by atoms with E-state index in [1.807, 2.05) is 6.07 Å². The molecule has 0 radical (unpaired) electrons. The van der Waals surface area contributed by atoms with E-state index in [-0.39, 0.29) is 34.5 Å². The summed E-state index contributed by atoms with van der Waals surface area (Å²) in [5.74, 6) is 0. The predicted octanol–water partition coefficient (Wildman–Crippen LogP) is 5.44. The van der Waals surface area contributed by atoms with Gasteiger partial charge in [0.2, 0.25) is 0 Å². The smallest absolute Gasteiger partial charge is 0.417 e. The van der Waals surface area contributed by atoms with Gasteiger partial charge in [0.1, 0.15) is 18.9 Å². The van der Waals surface area contributed by atoms with Crippen LogP contribution in [0.1, 0.15) is 55.7 Å². The van der Waals surface area contributed by atoms with Gasteiger partial charge in [-0.25, -0.2) is 9.38 Å². The number of halogens is 4. The van der Waals surface area contributed by atoms with E-state index in [4.69, 9.17) is 14.7 Å². The molecule has 8 heterocycles. The highest BCUT2D eigenvalue weighted by Crippen LogP contribution is 2.55. The molecular formula is C33H36F4N8OS. The number of ether oxygens (including phenoxy) is 1. The van der Waals surface area contributed by atoms with E-state index in [0.29, 0.717) is 47.5 Å². The number of pyridine rings is 1. The van der Waals surface area contributed by atoms with Crippen LogP contribution in [0.3, 0.4) is 0 Å². The first-order chi connectivity index (χ1) is 22.5. The average molecular weight is 669 g/mol. The number of aliphatic imine (C=N–C) groups is 2. The zero-order chi connectivity index (χ0) is 32.3. The van der Waals surface area contributed by atoms with E-state index in [1.165, 1.54) is 30.9 Å². The fourth-order valence-corrected chi connectivity index (χ4v) is 10.6. The Hall–Kier alpha value is -3.07. The van der Waals surface area contributed by atoms with Crippen molar-refractivity contribution in [3.8, 4) is 11.3 Å². The van der Waals surface area contributed by atoms with Crippen LogP contribution in [0.4, 0.5) is 17.6 Å². The fraction of sp³-hybridized carbons (Fsp3) is 0.576. The molecule has 4 saturated heterocycles. The van der Waals surface area contributed by atoms with Crippen molar-refractivity contribution in [2.75, 3.05) is 32.8 Å². The molecule has 0 aliphatic carbocycles. The van der Waals surface area contributed by atoms with Crippen LogP contribution >= 0.6 is 11.8 Å². The molecular weight excluding hydrogens is 632 g/mol. The van der Waals surface area contributed by atoms with Gasteiger partial charge in [0, 0.05) is 60.2 Å². The molecule has 47 heavy (non-hydrogen) atoms. The Morgan fingerprint density at radius 2 is 1.98 bits per heavy atom. The Labute approximate surface area is 273 Å². The zero-order valence-electron chi connectivity index (χ0n) is 26.2. The highest BCUT2D eigenvalue weighted by atomic mass is 32.2. The Kier molecular flexibility index (Phi) is 6.68. The molecule has 2 bridgehead atoms. The van der Waals surface area contributed by atoms with Gasteiger partial charge in [-0.2, -0.15) is 23.3 Å². The summed E-state index contributed by atoms with van der Waals surface area (Å²) in [7, 11) is 0. The lowest BCUT2D eigenvalue weighted by molar-refractivity contribution is -0.137. The minimum Gasteiger partial charge on any atom is -0.462 e. The van der Waals surface area contributed by atoms with Crippen LogP contribution in [0.25, 0.3) is 22.2 Å². The average Bonchev–Trinajstić information content (AvgIpc) is 3.83. The van der Waals surface area contributed by atoms with Gasteiger partial charge >= 0.3 is 12.2 Å². The Bertz CT molecular complexity index is 1830. The lowest BCUT2D eigenvalue weighted by atomic mass is 9.78. The second-order valence-corrected chi connectivity index (χ2v) is 15.3. The van der Waals surface area contributed by atoms with Crippen LogP contribution in [0, 0.1) is 6.92 Å². The number of H-pyrrole nitrogens is 1. The molecule has 2 N–H and O–H groups in total. The number of alkyl halides is 4. The quantitative estimate of drug-likeness (QED) is 0.358. The molecule has 1 aromatic carbocycles. The Balaban J connectivity index is 1.16. The molecule has 3 aromatic rings. The molecule has 0 spiro atoms. The minimum atomic E-state index is -4.61. The van der Waals surface area contributed by atoms with E-state index < -0.39 is 23.3 Å². The first-order valence-electron chi connectivity index (χ1n) is 16.4. The second-order valence-electron chi connectivity index (χ2n) is 14.3. The molecule has 0 saturated carbocycles. The van der Waals surface area contributed by atoms with Crippen molar-refractivity contribution < 1.29 is 22.3 Å². The number of thioether (sulfide) groups is 1. The van der Waals surface area contributed by atoms with Gasteiger partial charge in [-0.15, -0.1) is 0 Å². The summed E-state index contributed by atoms with van der Waals surface area (Å²) < 4.78 is 65.2. The topological polar surface area (TPSA) is 94.0 Å². The molecule has 248 valence electrons. The first-order valence-corrected chi connectivity index (χ1v) is 17.3. The number of amidine groups is 1. The summed E-state index contributed by atoms with van der Waals surface area (Å²) in [5, 5.41) is 11.7. The number of benzene rings is 1. The van der Waals surface area contributed by atoms with Crippen LogP contribution in [-0.4, -0.2) is 98.8 Å². The number of piperazine rings is 1.